The highest BCUT2D eigenvalue weighted by molar-refractivity contribution is 7.88. The number of aliphatic carboxylic acids is 1. The summed E-state index contributed by atoms with van der Waals surface area (Å²) < 4.78 is 26.7. The third-order valence-electron chi connectivity index (χ3n) is 4.61. The Bertz CT molecular complexity index is 1080. The Kier molecular flexibility index (Phi) is 6.48. The molecule has 30 heavy (non-hydrogen) atoms. The molecule has 0 atom stereocenters. The highest BCUT2D eigenvalue weighted by atomic mass is 32.2. The third-order valence-corrected chi connectivity index (χ3v) is 6.43. The lowest BCUT2D eigenvalue weighted by Crippen LogP contribution is -2.35. The Hall–Kier alpha value is -3.24. The number of nitrogens with one attached hydrogen (secondary N) is 1. The van der Waals surface area contributed by atoms with E-state index >= 15 is 0 Å². The minimum Gasteiger partial charge on any atom is -0.505 e. The second-order valence-electron chi connectivity index (χ2n) is 6.75. The van der Waals surface area contributed by atoms with Gasteiger partial charge in [0.15, 0.2) is 5.69 Å². The van der Waals surface area contributed by atoms with Gasteiger partial charge in [-0.05, 0) is 29.2 Å². The summed E-state index contributed by atoms with van der Waals surface area (Å²) >= 11 is 0. The van der Waals surface area contributed by atoms with Crippen molar-refractivity contribution in [2.45, 2.75) is 12.2 Å². The number of sulfonamides is 1. The van der Waals surface area contributed by atoms with Crippen LogP contribution < -0.4 is 5.32 Å². The molecule has 0 unspecified atom stereocenters. The Labute approximate surface area is 173 Å². The second-order valence-corrected chi connectivity index (χ2v) is 8.72. The number of aromatic hydroxyl groups is 1. The zero-order valence-electron chi connectivity index (χ0n) is 16.0. The van der Waals surface area contributed by atoms with Crippen LogP contribution in [0.3, 0.4) is 0 Å². The summed E-state index contributed by atoms with van der Waals surface area (Å²) in [6, 6.07) is 10.3. The van der Waals surface area contributed by atoms with E-state index in [2.05, 4.69) is 10.3 Å². The van der Waals surface area contributed by atoms with Gasteiger partial charge in [0.2, 0.25) is 10.0 Å². The topological polar surface area (TPSA) is 137 Å². The summed E-state index contributed by atoms with van der Waals surface area (Å²) in [5.74, 6) is -2.45. The molecule has 10 heteroatoms. The third kappa shape index (κ3) is 5.22. The molecule has 3 N–H and O–H groups in total. The molecular weight excluding hydrogens is 410 g/mol. The number of nitrogens with zero attached hydrogens (tertiary/aromatic N) is 2. The summed E-state index contributed by atoms with van der Waals surface area (Å²) in [5, 5.41) is 20.8. The molecular formula is C20H21N3O6S. The fourth-order valence-corrected chi connectivity index (χ4v) is 4.55. The predicted molar refractivity (Wildman–Crippen MR) is 109 cm³/mol. The van der Waals surface area contributed by atoms with Crippen LogP contribution in [0.25, 0.3) is 5.57 Å². The van der Waals surface area contributed by atoms with Crippen LogP contribution in [0.15, 0.2) is 48.7 Å². The van der Waals surface area contributed by atoms with E-state index < -0.39 is 28.4 Å². The number of hydrogen-bond acceptors (Lipinski definition) is 6. The van der Waals surface area contributed by atoms with E-state index in [0.717, 1.165) is 11.1 Å². The molecule has 2 heterocycles. The molecule has 0 aliphatic carbocycles. The van der Waals surface area contributed by atoms with Crippen molar-refractivity contribution in [3.05, 3.63) is 65.5 Å². The Morgan fingerprint density at radius 1 is 1.20 bits per heavy atom. The molecule has 9 nitrogen and oxygen atoms in total. The van der Waals surface area contributed by atoms with Crippen molar-refractivity contribution in [3.63, 3.8) is 0 Å². The van der Waals surface area contributed by atoms with E-state index in [1.807, 2.05) is 6.07 Å². The van der Waals surface area contributed by atoms with Crippen LogP contribution in [0.5, 0.6) is 5.75 Å². The average Bonchev–Trinajstić information content (AvgIpc) is 2.72. The largest absolute Gasteiger partial charge is 0.505 e. The SMILES string of the molecule is O=C(O)CNC(=O)c1ncc(C2=CCN(S(=O)(=O)Cc3ccccc3)CC2)cc1O. The molecule has 0 spiro atoms. The maximum absolute atomic E-state index is 12.6. The van der Waals surface area contributed by atoms with Crippen molar-refractivity contribution in [2.75, 3.05) is 19.6 Å². The summed E-state index contributed by atoms with van der Waals surface area (Å²) in [5.41, 5.74) is 1.82. The van der Waals surface area contributed by atoms with Crippen molar-refractivity contribution in [1.29, 1.82) is 0 Å². The molecule has 158 valence electrons. The highest BCUT2D eigenvalue weighted by Crippen LogP contribution is 2.27. The van der Waals surface area contributed by atoms with Crippen molar-refractivity contribution < 1.29 is 28.2 Å². The van der Waals surface area contributed by atoms with Gasteiger partial charge >= 0.3 is 5.97 Å². The average molecular weight is 431 g/mol. The number of carbonyl (C=O) groups excluding carboxylic acids is 1. The number of aromatic nitrogens is 1. The maximum atomic E-state index is 12.6. The zero-order chi connectivity index (χ0) is 21.7. The van der Waals surface area contributed by atoms with E-state index in [1.54, 1.807) is 30.3 Å². The van der Waals surface area contributed by atoms with Gasteiger partial charge in [-0.25, -0.2) is 13.4 Å². The van der Waals surface area contributed by atoms with Crippen molar-refractivity contribution in [3.8, 4) is 5.75 Å². The molecule has 1 aliphatic rings. The lowest BCUT2D eigenvalue weighted by atomic mass is 10.0. The first-order chi connectivity index (χ1) is 14.3. The number of benzene rings is 1. The van der Waals surface area contributed by atoms with Crippen molar-refractivity contribution >= 4 is 27.5 Å². The maximum Gasteiger partial charge on any atom is 0.322 e. The Balaban J connectivity index is 1.68. The van der Waals surface area contributed by atoms with Crippen LogP contribution in [0.4, 0.5) is 0 Å². The molecule has 2 aromatic rings. The fraction of sp³-hybridized carbons (Fsp3) is 0.250. The van der Waals surface area contributed by atoms with Gasteiger partial charge < -0.3 is 15.5 Å². The van der Waals surface area contributed by atoms with Gasteiger partial charge in [-0.2, -0.15) is 4.31 Å². The minimum atomic E-state index is -3.46. The molecule has 0 fully saturated rings. The smallest absolute Gasteiger partial charge is 0.322 e. The van der Waals surface area contributed by atoms with Crippen LogP contribution in [0.1, 0.15) is 28.0 Å². The molecule has 1 aromatic heterocycles. The number of pyridine rings is 1. The molecule has 0 saturated carbocycles. The van der Waals surface area contributed by atoms with Crippen molar-refractivity contribution in [2.24, 2.45) is 0 Å². The van der Waals surface area contributed by atoms with E-state index in [1.165, 1.54) is 16.6 Å². The lowest BCUT2D eigenvalue weighted by molar-refractivity contribution is -0.135. The van der Waals surface area contributed by atoms with Gasteiger partial charge in [0.1, 0.15) is 12.3 Å². The van der Waals surface area contributed by atoms with Gasteiger partial charge in [0.25, 0.3) is 5.91 Å². The molecule has 0 bridgehead atoms. The highest BCUT2D eigenvalue weighted by Gasteiger charge is 2.25. The minimum absolute atomic E-state index is 0.0699. The van der Waals surface area contributed by atoms with Crippen LogP contribution in [0, 0.1) is 0 Å². The zero-order valence-corrected chi connectivity index (χ0v) is 16.8. The number of amides is 1. The van der Waals surface area contributed by atoms with E-state index in [9.17, 15) is 23.1 Å². The summed E-state index contributed by atoms with van der Waals surface area (Å²) in [6.07, 6.45) is 3.59. The number of rotatable bonds is 7. The number of hydrogen-bond donors (Lipinski definition) is 3. The molecule has 1 amide bonds. The van der Waals surface area contributed by atoms with Gasteiger partial charge in [0, 0.05) is 19.3 Å². The standard InChI is InChI=1S/C20H21N3O6S/c24-17-10-16(11-21-19(17)20(27)22-12-18(25)26)15-6-8-23(9-7-15)30(28,29)13-14-4-2-1-3-5-14/h1-6,10-11,24H,7-9,12-13H2,(H,22,27)(H,25,26). The normalized spacial score (nSPS) is 14.7. The number of carbonyl (C=O) groups is 2. The van der Waals surface area contributed by atoms with Crippen LogP contribution >= 0.6 is 0 Å². The molecule has 1 aliphatic heterocycles. The summed E-state index contributed by atoms with van der Waals surface area (Å²) in [7, 11) is -3.46. The van der Waals surface area contributed by atoms with Gasteiger partial charge in [-0.15, -0.1) is 0 Å². The van der Waals surface area contributed by atoms with Crippen LogP contribution in [-0.2, 0) is 20.6 Å². The quantitative estimate of drug-likeness (QED) is 0.599. The molecule has 0 radical (unpaired) electrons. The predicted octanol–water partition coefficient (Wildman–Crippen LogP) is 1.22. The van der Waals surface area contributed by atoms with Crippen molar-refractivity contribution in [1.82, 2.24) is 14.6 Å². The van der Waals surface area contributed by atoms with Gasteiger partial charge in [-0.1, -0.05) is 36.4 Å². The first kappa shape index (κ1) is 21.5. The van der Waals surface area contributed by atoms with E-state index in [4.69, 9.17) is 5.11 Å². The van der Waals surface area contributed by atoms with Crippen LogP contribution in [0.2, 0.25) is 0 Å². The lowest BCUT2D eigenvalue weighted by Gasteiger charge is -2.26. The van der Waals surface area contributed by atoms with E-state index in [0.29, 0.717) is 18.5 Å². The Morgan fingerprint density at radius 2 is 1.93 bits per heavy atom. The number of carboxylic acid groups (broad SMARTS) is 1. The Morgan fingerprint density at radius 3 is 2.53 bits per heavy atom. The fourth-order valence-electron chi connectivity index (χ4n) is 3.08. The summed E-state index contributed by atoms with van der Waals surface area (Å²) in [4.78, 5) is 26.3. The van der Waals surface area contributed by atoms with Crippen LogP contribution in [-0.4, -0.2) is 59.4 Å². The first-order valence-corrected chi connectivity index (χ1v) is 10.8. The monoisotopic (exact) mass is 431 g/mol. The second kappa shape index (κ2) is 9.06. The van der Waals surface area contributed by atoms with Gasteiger partial charge in [-0.3, -0.25) is 9.59 Å². The van der Waals surface area contributed by atoms with Gasteiger partial charge in [0.05, 0.1) is 5.75 Å². The number of carboxylic acids is 1. The molecule has 1 aromatic carbocycles. The summed E-state index contributed by atoms with van der Waals surface area (Å²) in [6.45, 7) is -0.0884. The molecule has 0 saturated heterocycles. The van der Waals surface area contributed by atoms with E-state index in [-0.39, 0.29) is 23.7 Å². The first-order valence-electron chi connectivity index (χ1n) is 9.16. The molecule has 3 rings (SSSR count).